The lowest BCUT2D eigenvalue weighted by Gasteiger charge is -2.36. The van der Waals surface area contributed by atoms with Gasteiger partial charge < -0.3 is 9.47 Å². The fraction of sp³-hybridized carbons (Fsp3) is 0.938. The van der Waals surface area contributed by atoms with Crippen LogP contribution < -0.4 is 0 Å². The summed E-state index contributed by atoms with van der Waals surface area (Å²) in [5, 5.41) is 0. The number of ether oxygens (including phenoxy) is 2. The van der Waals surface area contributed by atoms with E-state index >= 15 is 0 Å². The minimum atomic E-state index is 0.0509. The molecule has 3 heteroatoms. The maximum Gasteiger partial charge on any atom is 0.308 e. The van der Waals surface area contributed by atoms with Gasteiger partial charge in [-0.25, -0.2) is 0 Å². The summed E-state index contributed by atoms with van der Waals surface area (Å²) in [6, 6.07) is 0. The second kappa shape index (κ2) is 7.28. The average Bonchev–Trinajstić information content (AvgIpc) is 2.99. The van der Waals surface area contributed by atoms with Crippen molar-refractivity contribution in [2.75, 3.05) is 19.8 Å². The Bertz CT molecular complexity index is 276. The number of hydrogen-bond donors (Lipinski definition) is 0. The van der Waals surface area contributed by atoms with E-state index in [1.165, 1.54) is 38.5 Å². The molecule has 0 bridgehead atoms. The molecule has 0 spiro atoms. The van der Waals surface area contributed by atoms with Crippen molar-refractivity contribution in [3.63, 3.8) is 0 Å². The van der Waals surface area contributed by atoms with Crippen LogP contribution in [0.25, 0.3) is 0 Å². The SMILES string of the molecule is CCC1(CCCOC(=O)C2CCCC2)CCOCC1. The Hall–Kier alpha value is -0.570. The van der Waals surface area contributed by atoms with E-state index in [9.17, 15) is 4.79 Å². The second-order valence-corrected chi connectivity index (χ2v) is 6.22. The van der Waals surface area contributed by atoms with Gasteiger partial charge in [0.1, 0.15) is 0 Å². The summed E-state index contributed by atoms with van der Waals surface area (Å²) >= 11 is 0. The molecule has 0 amide bonds. The molecule has 1 saturated carbocycles. The first-order valence-electron chi connectivity index (χ1n) is 8.00. The summed E-state index contributed by atoms with van der Waals surface area (Å²) in [7, 11) is 0. The predicted octanol–water partition coefficient (Wildman–Crippen LogP) is 3.71. The predicted molar refractivity (Wildman–Crippen MR) is 74.9 cm³/mol. The number of hydrogen-bond acceptors (Lipinski definition) is 3. The van der Waals surface area contributed by atoms with Gasteiger partial charge in [0, 0.05) is 13.2 Å². The van der Waals surface area contributed by atoms with Gasteiger partial charge in [-0.3, -0.25) is 4.79 Å². The van der Waals surface area contributed by atoms with Crippen LogP contribution in [-0.4, -0.2) is 25.8 Å². The van der Waals surface area contributed by atoms with Crippen molar-refractivity contribution in [1.29, 1.82) is 0 Å². The van der Waals surface area contributed by atoms with Gasteiger partial charge in [-0.05, 0) is 43.9 Å². The Kier molecular flexibility index (Phi) is 5.68. The van der Waals surface area contributed by atoms with Gasteiger partial charge >= 0.3 is 5.97 Å². The summed E-state index contributed by atoms with van der Waals surface area (Å²) in [5.41, 5.74) is 0.442. The minimum absolute atomic E-state index is 0.0509. The maximum atomic E-state index is 11.8. The number of esters is 1. The third-order valence-corrected chi connectivity index (χ3v) is 5.09. The number of rotatable bonds is 6. The molecule has 3 nitrogen and oxygen atoms in total. The highest BCUT2D eigenvalue weighted by Gasteiger charge is 2.30. The smallest absolute Gasteiger partial charge is 0.308 e. The lowest BCUT2D eigenvalue weighted by molar-refractivity contribution is -0.148. The Balaban J connectivity index is 1.63. The molecule has 0 aromatic rings. The zero-order valence-corrected chi connectivity index (χ0v) is 12.3. The molecule has 2 fully saturated rings. The van der Waals surface area contributed by atoms with E-state index in [2.05, 4.69) is 6.92 Å². The quantitative estimate of drug-likeness (QED) is 0.544. The molecule has 0 unspecified atom stereocenters. The van der Waals surface area contributed by atoms with Crippen molar-refractivity contribution in [2.24, 2.45) is 11.3 Å². The maximum absolute atomic E-state index is 11.8. The Labute approximate surface area is 117 Å². The molecule has 1 heterocycles. The normalized spacial score (nSPS) is 23.4. The van der Waals surface area contributed by atoms with Crippen LogP contribution in [0.15, 0.2) is 0 Å². The van der Waals surface area contributed by atoms with E-state index < -0.39 is 0 Å². The summed E-state index contributed by atoms with van der Waals surface area (Å²) in [5.74, 6) is 0.248. The highest BCUT2D eigenvalue weighted by atomic mass is 16.5. The summed E-state index contributed by atoms with van der Waals surface area (Å²) in [6.45, 7) is 4.68. The third-order valence-electron chi connectivity index (χ3n) is 5.09. The topological polar surface area (TPSA) is 35.5 Å². The molecule has 1 saturated heterocycles. The summed E-state index contributed by atoms with van der Waals surface area (Å²) in [6.07, 6.45) is 10.2. The van der Waals surface area contributed by atoms with E-state index in [0.717, 1.165) is 32.5 Å². The fourth-order valence-corrected chi connectivity index (χ4v) is 3.48. The van der Waals surface area contributed by atoms with Crippen molar-refractivity contribution >= 4 is 5.97 Å². The second-order valence-electron chi connectivity index (χ2n) is 6.22. The molecule has 0 aromatic heterocycles. The lowest BCUT2D eigenvalue weighted by atomic mass is 9.74. The van der Waals surface area contributed by atoms with Gasteiger partial charge in [0.2, 0.25) is 0 Å². The molecule has 110 valence electrons. The van der Waals surface area contributed by atoms with Crippen LogP contribution in [0.2, 0.25) is 0 Å². The monoisotopic (exact) mass is 268 g/mol. The first kappa shape index (κ1) is 14.8. The van der Waals surface area contributed by atoms with E-state index in [4.69, 9.17) is 9.47 Å². The number of carbonyl (C=O) groups is 1. The van der Waals surface area contributed by atoms with Gasteiger partial charge in [-0.15, -0.1) is 0 Å². The van der Waals surface area contributed by atoms with Crippen molar-refractivity contribution in [3.05, 3.63) is 0 Å². The zero-order valence-electron chi connectivity index (χ0n) is 12.3. The van der Waals surface area contributed by atoms with Crippen LogP contribution in [0, 0.1) is 11.3 Å². The van der Waals surface area contributed by atoms with Crippen molar-refractivity contribution in [3.8, 4) is 0 Å². The fourth-order valence-electron chi connectivity index (χ4n) is 3.48. The van der Waals surface area contributed by atoms with Crippen molar-refractivity contribution in [1.82, 2.24) is 0 Å². The van der Waals surface area contributed by atoms with E-state index in [1.807, 2.05) is 0 Å². The molecule has 0 N–H and O–H groups in total. The standard InChI is InChI=1S/C16H28O3/c1-2-16(9-12-18-13-10-16)8-5-11-19-15(17)14-6-3-4-7-14/h14H,2-13H2,1H3. The minimum Gasteiger partial charge on any atom is -0.465 e. The molecule has 1 aliphatic heterocycles. The molecule has 0 aromatic carbocycles. The van der Waals surface area contributed by atoms with Crippen LogP contribution in [0.1, 0.15) is 64.7 Å². The molecule has 0 radical (unpaired) electrons. The van der Waals surface area contributed by atoms with Crippen LogP contribution in [-0.2, 0) is 14.3 Å². The zero-order chi connectivity index (χ0) is 13.6. The molecule has 0 atom stereocenters. The Morgan fingerprint density at radius 2 is 1.95 bits per heavy atom. The van der Waals surface area contributed by atoms with Crippen LogP contribution in [0.3, 0.4) is 0 Å². The first-order chi connectivity index (χ1) is 9.26. The van der Waals surface area contributed by atoms with Gasteiger partial charge in [0.05, 0.1) is 12.5 Å². The third kappa shape index (κ3) is 4.20. The lowest BCUT2D eigenvalue weighted by Crippen LogP contribution is -2.29. The molecule has 2 rings (SSSR count). The molecule has 2 aliphatic rings. The Morgan fingerprint density at radius 1 is 1.26 bits per heavy atom. The summed E-state index contributed by atoms with van der Waals surface area (Å²) in [4.78, 5) is 11.8. The van der Waals surface area contributed by atoms with E-state index in [1.54, 1.807) is 0 Å². The average molecular weight is 268 g/mol. The van der Waals surface area contributed by atoms with Gasteiger partial charge in [0.15, 0.2) is 0 Å². The van der Waals surface area contributed by atoms with Crippen LogP contribution in [0.5, 0.6) is 0 Å². The molecule has 1 aliphatic carbocycles. The van der Waals surface area contributed by atoms with E-state index in [-0.39, 0.29) is 11.9 Å². The van der Waals surface area contributed by atoms with Crippen LogP contribution >= 0.6 is 0 Å². The summed E-state index contributed by atoms with van der Waals surface area (Å²) < 4.78 is 10.9. The highest BCUT2D eigenvalue weighted by molar-refractivity contribution is 5.72. The van der Waals surface area contributed by atoms with Gasteiger partial charge in [0.25, 0.3) is 0 Å². The van der Waals surface area contributed by atoms with Crippen molar-refractivity contribution in [2.45, 2.75) is 64.7 Å². The van der Waals surface area contributed by atoms with Crippen LogP contribution in [0.4, 0.5) is 0 Å². The molecule has 19 heavy (non-hydrogen) atoms. The first-order valence-corrected chi connectivity index (χ1v) is 8.00. The van der Waals surface area contributed by atoms with Gasteiger partial charge in [-0.1, -0.05) is 26.2 Å². The number of carbonyl (C=O) groups excluding carboxylic acids is 1. The van der Waals surface area contributed by atoms with Gasteiger partial charge in [-0.2, -0.15) is 0 Å². The largest absolute Gasteiger partial charge is 0.465 e. The van der Waals surface area contributed by atoms with E-state index in [0.29, 0.717) is 12.0 Å². The molecular formula is C16H28O3. The van der Waals surface area contributed by atoms with Crippen molar-refractivity contribution < 1.29 is 14.3 Å². The molecular weight excluding hydrogens is 240 g/mol. The highest BCUT2D eigenvalue weighted by Crippen LogP contribution is 2.38. The Morgan fingerprint density at radius 3 is 2.58 bits per heavy atom.